The third-order valence-corrected chi connectivity index (χ3v) is 7.48. The molecule has 0 aromatic rings. The van der Waals surface area contributed by atoms with Gasteiger partial charge in [-0.05, 0) is 81.5 Å². The molecule has 4 aliphatic carbocycles. The van der Waals surface area contributed by atoms with Crippen LogP contribution in [0.1, 0.15) is 86.0 Å². The van der Waals surface area contributed by atoms with Crippen molar-refractivity contribution >= 4 is 0 Å². The lowest BCUT2D eigenvalue weighted by atomic mass is 9.50. The zero-order chi connectivity index (χ0) is 19.4. The third-order valence-electron chi connectivity index (χ3n) is 7.48. The quantitative estimate of drug-likeness (QED) is 0.526. The van der Waals surface area contributed by atoms with Crippen molar-refractivity contribution in [2.45, 2.75) is 86.0 Å². The van der Waals surface area contributed by atoms with Crippen molar-refractivity contribution in [1.82, 2.24) is 9.80 Å². The molecule has 2 aliphatic heterocycles. The van der Waals surface area contributed by atoms with E-state index in [1.165, 1.54) is 71.1 Å². The molecule has 4 saturated carbocycles. The maximum Gasteiger partial charge on any atom is 0.00474 e. The van der Waals surface area contributed by atoms with E-state index in [4.69, 9.17) is 0 Å². The van der Waals surface area contributed by atoms with Crippen molar-refractivity contribution in [3.05, 3.63) is 0 Å². The molecule has 26 heavy (non-hydrogen) atoms. The molecule has 0 aromatic carbocycles. The van der Waals surface area contributed by atoms with Crippen LogP contribution in [0.3, 0.4) is 0 Å². The van der Waals surface area contributed by atoms with Gasteiger partial charge in [-0.2, -0.15) is 0 Å². The Morgan fingerprint density at radius 1 is 0.769 bits per heavy atom. The molecule has 0 aromatic heterocycles. The summed E-state index contributed by atoms with van der Waals surface area (Å²) in [5, 5.41) is 0. The molecule has 154 valence electrons. The summed E-state index contributed by atoms with van der Waals surface area (Å²) in [6.07, 6.45) is 12.1. The number of rotatable bonds is 0. The maximum atomic E-state index is 2.42. The molecule has 2 heterocycles. The molecule has 1 unspecified atom stereocenters. The van der Waals surface area contributed by atoms with E-state index in [9.17, 15) is 0 Å². The summed E-state index contributed by atoms with van der Waals surface area (Å²) in [6, 6.07) is 0. The zero-order valence-electron chi connectivity index (χ0n) is 19.1. The van der Waals surface area contributed by atoms with Crippen LogP contribution in [0.5, 0.6) is 0 Å². The van der Waals surface area contributed by atoms with Gasteiger partial charge in [-0.25, -0.2) is 0 Å². The van der Waals surface area contributed by atoms with Crippen molar-refractivity contribution in [2.24, 2.45) is 28.6 Å². The second-order valence-corrected chi connectivity index (χ2v) is 10.8. The third kappa shape index (κ3) is 5.47. The SMILES string of the molecule is CC.CC(C)(C)C1[C@@H]2CCC[C@H]1C2.CN1CC2(CCC2)C1.CN1CCC1. The van der Waals surface area contributed by atoms with E-state index in [-0.39, 0.29) is 0 Å². The van der Waals surface area contributed by atoms with Crippen LogP contribution in [0.25, 0.3) is 0 Å². The van der Waals surface area contributed by atoms with Crippen LogP contribution >= 0.6 is 0 Å². The summed E-state index contributed by atoms with van der Waals surface area (Å²) in [5.74, 6) is 3.28. The van der Waals surface area contributed by atoms with Crippen molar-refractivity contribution in [1.29, 1.82) is 0 Å². The molecule has 2 saturated heterocycles. The minimum Gasteiger partial charge on any atom is -0.306 e. The van der Waals surface area contributed by atoms with Gasteiger partial charge in [0.2, 0.25) is 0 Å². The van der Waals surface area contributed by atoms with Crippen molar-refractivity contribution in [2.75, 3.05) is 40.3 Å². The summed E-state index contributed by atoms with van der Waals surface area (Å²) < 4.78 is 0. The predicted octanol–water partition coefficient (Wildman–Crippen LogP) is 5.92. The molecule has 2 heteroatoms. The first-order valence-electron chi connectivity index (χ1n) is 11.7. The highest BCUT2D eigenvalue weighted by atomic mass is 15.2. The second kappa shape index (κ2) is 9.41. The molecule has 2 nitrogen and oxygen atoms in total. The smallest absolute Gasteiger partial charge is 0.00474 e. The molecule has 6 rings (SSSR count). The van der Waals surface area contributed by atoms with Gasteiger partial charge in [-0.1, -0.05) is 60.3 Å². The minimum absolute atomic E-state index is 0.591. The highest BCUT2D eigenvalue weighted by Crippen LogP contribution is 2.57. The number of likely N-dealkylation sites (tertiary alicyclic amines) is 2. The molecule has 0 N–H and O–H groups in total. The monoisotopic (exact) mass is 364 g/mol. The zero-order valence-corrected chi connectivity index (χ0v) is 19.1. The summed E-state index contributed by atoms with van der Waals surface area (Å²) in [7, 11) is 4.35. The highest BCUT2D eigenvalue weighted by Gasteiger charge is 2.48. The Morgan fingerprint density at radius 3 is 1.42 bits per heavy atom. The predicted molar refractivity (Wildman–Crippen MR) is 116 cm³/mol. The van der Waals surface area contributed by atoms with Crippen LogP contribution in [-0.2, 0) is 0 Å². The van der Waals surface area contributed by atoms with E-state index in [2.05, 4.69) is 44.7 Å². The average Bonchev–Trinajstić information content (AvgIpc) is 2.50. The summed E-state index contributed by atoms with van der Waals surface area (Å²) in [6.45, 7) is 16.7. The Hall–Kier alpha value is -0.0800. The number of fused-ring (bicyclic) bond motifs is 2. The van der Waals surface area contributed by atoms with Gasteiger partial charge in [-0.3, -0.25) is 0 Å². The lowest BCUT2D eigenvalue weighted by molar-refractivity contribution is -0.0583. The first-order valence-corrected chi connectivity index (χ1v) is 11.7. The fourth-order valence-corrected chi connectivity index (χ4v) is 6.09. The van der Waals surface area contributed by atoms with E-state index in [0.29, 0.717) is 5.41 Å². The van der Waals surface area contributed by atoms with Crippen LogP contribution < -0.4 is 0 Å². The van der Waals surface area contributed by atoms with Gasteiger partial charge in [0, 0.05) is 13.1 Å². The van der Waals surface area contributed by atoms with Gasteiger partial charge in [0.15, 0.2) is 0 Å². The van der Waals surface area contributed by atoms with Crippen LogP contribution in [0, 0.1) is 28.6 Å². The molecule has 6 aliphatic rings. The highest BCUT2D eigenvalue weighted by molar-refractivity contribution is 4.99. The molecule has 0 amide bonds. The molecular formula is C24H48N2. The lowest BCUT2D eigenvalue weighted by Crippen LogP contribution is -2.57. The minimum atomic E-state index is 0.591. The van der Waals surface area contributed by atoms with Crippen LogP contribution in [0.2, 0.25) is 0 Å². The molecular weight excluding hydrogens is 316 g/mol. The van der Waals surface area contributed by atoms with Crippen molar-refractivity contribution in [3.63, 3.8) is 0 Å². The van der Waals surface area contributed by atoms with Gasteiger partial charge in [-0.15, -0.1) is 0 Å². The van der Waals surface area contributed by atoms with Gasteiger partial charge >= 0.3 is 0 Å². The Balaban J connectivity index is 0.000000142. The first kappa shape index (κ1) is 22.2. The van der Waals surface area contributed by atoms with Crippen LogP contribution in [0.15, 0.2) is 0 Å². The Bertz CT molecular complexity index is 381. The fraction of sp³-hybridized carbons (Fsp3) is 1.00. The Kier molecular flexibility index (Phi) is 8.04. The number of hydrogen-bond donors (Lipinski definition) is 0. The number of hydrogen-bond acceptors (Lipinski definition) is 2. The second-order valence-electron chi connectivity index (χ2n) is 10.8. The van der Waals surface area contributed by atoms with E-state index in [1.54, 1.807) is 6.42 Å². The van der Waals surface area contributed by atoms with Gasteiger partial charge in [0.25, 0.3) is 0 Å². The van der Waals surface area contributed by atoms with Crippen LogP contribution in [-0.4, -0.2) is 50.1 Å². The lowest BCUT2D eigenvalue weighted by Gasteiger charge is -2.55. The van der Waals surface area contributed by atoms with E-state index in [0.717, 1.165) is 23.2 Å². The summed E-state index contributed by atoms with van der Waals surface area (Å²) in [5.41, 5.74) is 1.43. The average molecular weight is 365 g/mol. The maximum absolute atomic E-state index is 2.42. The van der Waals surface area contributed by atoms with Gasteiger partial charge in [0.1, 0.15) is 0 Å². The molecule has 3 atom stereocenters. The first-order chi connectivity index (χ1) is 12.3. The number of nitrogens with zero attached hydrogens (tertiary/aromatic N) is 2. The normalized spacial score (nSPS) is 34.0. The largest absolute Gasteiger partial charge is 0.306 e. The van der Waals surface area contributed by atoms with Gasteiger partial charge in [0.05, 0.1) is 0 Å². The standard InChI is InChI=1S/C11H20.C7H13N.C4H9N.C2H6/c1-11(2,3)10-8-5-4-6-9(10)7-8;1-8-5-7(6-8)3-2-4-7;1-5-3-2-4-5;1-2/h8-10H,4-7H2,1-3H3;2-6H2,1H3;2-4H2,1H3;1-2H3/t8-,9+,10?;;;. The topological polar surface area (TPSA) is 6.48 Å². The molecule has 0 radical (unpaired) electrons. The summed E-state index contributed by atoms with van der Waals surface area (Å²) >= 11 is 0. The Labute approximate surface area is 165 Å². The van der Waals surface area contributed by atoms with Crippen molar-refractivity contribution < 1.29 is 0 Å². The molecule has 1 spiro atoms. The van der Waals surface area contributed by atoms with E-state index in [1.807, 2.05) is 13.8 Å². The fourth-order valence-electron chi connectivity index (χ4n) is 6.09. The van der Waals surface area contributed by atoms with E-state index < -0.39 is 0 Å². The Morgan fingerprint density at radius 2 is 1.27 bits per heavy atom. The molecule has 6 fully saturated rings. The summed E-state index contributed by atoms with van der Waals surface area (Å²) in [4.78, 5) is 4.72. The van der Waals surface area contributed by atoms with Crippen molar-refractivity contribution in [3.8, 4) is 0 Å². The van der Waals surface area contributed by atoms with E-state index >= 15 is 0 Å². The van der Waals surface area contributed by atoms with Crippen LogP contribution in [0.4, 0.5) is 0 Å². The van der Waals surface area contributed by atoms with Gasteiger partial charge < -0.3 is 9.80 Å². The molecule has 2 bridgehead atoms.